The van der Waals surface area contributed by atoms with Crippen molar-refractivity contribution >= 4 is 12.2 Å². The summed E-state index contributed by atoms with van der Waals surface area (Å²) in [5.74, 6) is -0.214. The summed E-state index contributed by atoms with van der Waals surface area (Å²) in [6.45, 7) is 4.20. The van der Waals surface area contributed by atoms with Gasteiger partial charge in [-0.15, -0.1) is 0 Å². The van der Waals surface area contributed by atoms with Gasteiger partial charge in [0.05, 0.1) is 0 Å². The number of amides is 1. The molecule has 0 spiro atoms. The highest BCUT2D eigenvalue weighted by atomic mass is 16.1. The second kappa shape index (κ2) is 4.97. The maximum Gasteiger partial charge on any atom is 0.220 e. The largest absolute Gasteiger partial charge is 0.356 e. The van der Waals surface area contributed by atoms with E-state index in [-0.39, 0.29) is 11.8 Å². The van der Waals surface area contributed by atoms with Gasteiger partial charge in [-0.1, -0.05) is 6.92 Å². The van der Waals surface area contributed by atoms with Gasteiger partial charge in [0.1, 0.15) is 6.29 Å². The van der Waals surface area contributed by atoms with Gasteiger partial charge in [-0.2, -0.15) is 0 Å². The SMILES string of the molecule is CCNC(=O)CC(C)C=O. The lowest BCUT2D eigenvalue weighted by atomic mass is 10.1. The molecule has 1 atom stereocenters. The molecule has 0 aliphatic heterocycles. The van der Waals surface area contributed by atoms with Crippen LogP contribution < -0.4 is 5.32 Å². The molecule has 1 amide bonds. The van der Waals surface area contributed by atoms with Gasteiger partial charge in [-0.3, -0.25) is 4.79 Å². The first-order valence-electron chi connectivity index (χ1n) is 3.42. The first-order valence-corrected chi connectivity index (χ1v) is 3.42. The quantitative estimate of drug-likeness (QED) is 0.577. The molecule has 58 valence electrons. The minimum absolute atomic E-state index is 0.0536. The van der Waals surface area contributed by atoms with E-state index in [1.807, 2.05) is 6.92 Å². The highest BCUT2D eigenvalue weighted by Crippen LogP contribution is 1.95. The van der Waals surface area contributed by atoms with E-state index in [2.05, 4.69) is 5.32 Å². The maximum absolute atomic E-state index is 10.7. The fourth-order valence-corrected chi connectivity index (χ4v) is 0.610. The van der Waals surface area contributed by atoms with Gasteiger partial charge in [-0.25, -0.2) is 0 Å². The molecule has 0 rings (SSSR count). The molecule has 0 aromatic carbocycles. The summed E-state index contributed by atoms with van der Waals surface area (Å²) in [4.78, 5) is 20.8. The van der Waals surface area contributed by atoms with Gasteiger partial charge in [0.15, 0.2) is 0 Å². The summed E-state index contributed by atoms with van der Waals surface area (Å²) in [7, 11) is 0. The van der Waals surface area contributed by atoms with Gasteiger partial charge < -0.3 is 10.1 Å². The van der Waals surface area contributed by atoms with Gasteiger partial charge in [0, 0.05) is 18.9 Å². The van der Waals surface area contributed by atoms with Crippen LogP contribution in [-0.4, -0.2) is 18.7 Å². The molecule has 0 bridgehead atoms. The zero-order valence-electron chi connectivity index (χ0n) is 6.39. The third-order valence-electron chi connectivity index (χ3n) is 1.11. The van der Waals surface area contributed by atoms with Crippen molar-refractivity contribution in [2.45, 2.75) is 20.3 Å². The number of nitrogens with one attached hydrogen (secondary N) is 1. The van der Waals surface area contributed by atoms with E-state index < -0.39 is 0 Å². The third kappa shape index (κ3) is 4.06. The Morgan fingerprint density at radius 1 is 1.70 bits per heavy atom. The summed E-state index contributed by atoms with van der Waals surface area (Å²) in [5.41, 5.74) is 0. The van der Waals surface area contributed by atoms with Crippen molar-refractivity contribution in [3.63, 3.8) is 0 Å². The highest BCUT2D eigenvalue weighted by molar-refractivity contribution is 5.78. The number of carbonyl (C=O) groups excluding carboxylic acids is 2. The summed E-state index contributed by atoms with van der Waals surface area (Å²) in [6.07, 6.45) is 1.09. The molecular formula is C7H13NO2. The van der Waals surface area contributed by atoms with Crippen LogP contribution in [0.15, 0.2) is 0 Å². The van der Waals surface area contributed by atoms with Crippen molar-refractivity contribution in [1.29, 1.82) is 0 Å². The van der Waals surface area contributed by atoms with E-state index in [1.54, 1.807) is 6.92 Å². The van der Waals surface area contributed by atoms with Crippen LogP contribution in [0, 0.1) is 5.92 Å². The van der Waals surface area contributed by atoms with Crippen molar-refractivity contribution in [3.05, 3.63) is 0 Å². The second-order valence-electron chi connectivity index (χ2n) is 2.27. The molecule has 1 unspecified atom stereocenters. The van der Waals surface area contributed by atoms with E-state index >= 15 is 0 Å². The van der Waals surface area contributed by atoms with Crippen molar-refractivity contribution in [3.8, 4) is 0 Å². The molecule has 0 fully saturated rings. The minimum atomic E-state index is -0.161. The number of carbonyl (C=O) groups is 2. The number of aldehydes is 1. The Morgan fingerprint density at radius 3 is 2.70 bits per heavy atom. The summed E-state index contributed by atoms with van der Waals surface area (Å²) < 4.78 is 0. The number of hydrogen-bond donors (Lipinski definition) is 1. The van der Waals surface area contributed by atoms with Crippen LogP contribution in [0.5, 0.6) is 0 Å². The van der Waals surface area contributed by atoms with Gasteiger partial charge >= 0.3 is 0 Å². The minimum Gasteiger partial charge on any atom is -0.356 e. The van der Waals surface area contributed by atoms with Crippen LogP contribution in [0.1, 0.15) is 20.3 Å². The summed E-state index contributed by atoms with van der Waals surface area (Å²) in [5, 5.41) is 2.61. The van der Waals surface area contributed by atoms with E-state index in [9.17, 15) is 9.59 Å². The Bertz CT molecular complexity index is 123. The molecule has 10 heavy (non-hydrogen) atoms. The van der Waals surface area contributed by atoms with Crippen LogP contribution in [-0.2, 0) is 9.59 Å². The standard InChI is InChI=1S/C7H13NO2/c1-3-8-7(10)4-6(2)5-9/h5-6H,3-4H2,1-2H3,(H,8,10). The average molecular weight is 143 g/mol. The van der Waals surface area contributed by atoms with E-state index in [4.69, 9.17) is 0 Å². The predicted molar refractivity (Wildman–Crippen MR) is 38.5 cm³/mol. The monoisotopic (exact) mass is 143 g/mol. The topological polar surface area (TPSA) is 46.2 Å². The molecule has 0 radical (unpaired) electrons. The zero-order valence-corrected chi connectivity index (χ0v) is 6.39. The molecule has 1 N–H and O–H groups in total. The maximum atomic E-state index is 10.7. The molecule has 3 heteroatoms. The highest BCUT2D eigenvalue weighted by Gasteiger charge is 2.05. The zero-order chi connectivity index (χ0) is 7.98. The van der Waals surface area contributed by atoms with Gasteiger partial charge in [0.25, 0.3) is 0 Å². The Labute approximate surface area is 60.8 Å². The molecule has 0 aromatic heterocycles. The number of hydrogen-bond acceptors (Lipinski definition) is 2. The summed E-state index contributed by atoms with van der Waals surface area (Å²) >= 11 is 0. The molecule has 0 heterocycles. The predicted octanol–water partition coefficient (Wildman–Crippen LogP) is 0.348. The summed E-state index contributed by atoms with van der Waals surface area (Å²) in [6, 6.07) is 0. The van der Waals surface area contributed by atoms with Gasteiger partial charge in [-0.05, 0) is 6.92 Å². The lowest BCUT2D eigenvalue weighted by Gasteiger charge is -2.02. The Morgan fingerprint density at radius 2 is 2.30 bits per heavy atom. The Hall–Kier alpha value is -0.860. The molecule has 0 aliphatic rings. The van der Waals surface area contributed by atoms with Crippen LogP contribution in [0.25, 0.3) is 0 Å². The van der Waals surface area contributed by atoms with Crippen LogP contribution in [0.2, 0.25) is 0 Å². The lowest BCUT2D eigenvalue weighted by Crippen LogP contribution is -2.24. The first kappa shape index (κ1) is 9.14. The van der Waals surface area contributed by atoms with E-state index in [0.717, 1.165) is 6.29 Å². The fourth-order valence-electron chi connectivity index (χ4n) is 0.610. The molecule has 0 saturated carbocycles. The fraction of sp³-hybridized carbons (Fsp3) is 0.714. The Balaban J connectivity index is 3.46. The van der Waals surface area contributed by atoms with Gasteiger partial charge in [0.2, 0.25) is 5.91 Å². The lowest BCUT2D eigenvalue weighted by molar-refractivity contribution is -0.124. The number of rotatable bonds is 4. The van der Waals surface area contributed by atoms with Crippen molar-refractivity contribution in [1.82, 2.24) is 5.32 Å². The molecule has 0 aromatic rings. The van der Waals surface area contributed by atoms with Crippen molar-refractivity contribution in [2.24, 2.45) is 5.92 Å². The molecular weight excluding hydrogens is 130 g/mol. The molecule has 0 saturated heterocycles. The average Bonchev–Trinajstić information content (AvgIpc) is 1.88. The van der Waals surface area contributed by atoms with Crippen LogP contribution in [0.3, 0.4) is 0 Å². The van der Waals surface area contributed by atoms with Crippen molar-refractivity contribution < 1.29 is 9.59 Å². The smallest absolute Gasteiger partial charge is 0.220 e. The van der Waals surface area contributed by atoms with Crippen LogP contribution in [0.4, 0.5) is 0 Å². The van der Waals surface area contributed by atoms with E-state index in [1.165, 1.54) is 0 Å². The third-order valence-corrected chi connectivity index (χ3v) is 1.11. The normalized spacial score (nSPS) is 12.2. The first-order chi connectivity index (χ1) is 4.70. The second-order valence-corrected chi connectivity index (χ2v) is 2.27. The molecule has 3 nitrogen and oxygen atoms in total. The van der Waals surface area contributed by atoms with Crippen LogP contribution >= 0.6 is 0 Å². The Kier molecular flexibility index (Phi) is 4.54. The van der Waals surface area contributed by atoms with Crippen molar-refractivity contribution in [2.75, 3.05) is 6.54 Å². The molecule has 0 aliphatic carbocycles. The van der Waals surface area contributed by atoms with E-state index in [0.29, 0.717) is 13.0 Å².